The number of aromatic nitrogens is 2. The van der Waals surface area contributed by atoms with Crippen LogP contribution in [0.2, 0.25) is 0 Å². The fraction of sp³-hybridized carbons (Fsp3) is 0. The highest BCUT2D eigenvalue weighted by Gasteiger charge is 2.09. The van der Waals surface area contributed by atoms with Crippen molar-refractivity contribution in [3.63, 3.8) is 0 Å². The Morgan fingerprint density at radius 2 is 1.83 bits per heavy atom. The summed E-state index contributed by atoms with van der Waals surface area (Å²) >= 11 is 0. The smallest absolute Gasteiger partial charge is 0.238 e. The van der Waals surface area contributed by atoms with Crippen LogP contribution < -0.4 is 10.5 Å². The van der Waals surface area contributed by atoms with E-state index in [2.05, 4.69) is 15.5 Å². The first kappa shape index (κ1) is 15.2. The molecular formula is C15H13FN4O2S. The van der Waals surface area contributed by atoms with Crippen LogP contribution in [0.1, 0.15) is 0 Å². The Hall–Kier alpha value is -2.71. The maximum atomic E-state index is 12.9. The summed E-state index contributed by atoms with van der Waals surface area (Å²) in [4.78, 5) is 0.0109. The number of nitrogens with zero attached hydrogens (tertiary/aromatic N) is 1. The number of aromatic amines is 1. The minimum atomic E-state index is -3.76. The predicted octanol–water partition coefficient (Wildman–Crippen LogP) is 2.61. The maximum absolute atomic E-state index is 12.9. The van der Waals surface area contributed by atoms with Gasteiger partial charge in [0.15, 0.2) is 5.82 Å². The fourth-order valence-corrected chi connectivity index (χ4v) is 2.62. The van der Waals surface area contributed by atoms with E-state index in [4.69, 9.17) is 5.14 Å². The largest absolute Gasteiger partial charge is 0.339 e. The van der Waals surface area contributed by atoms with Crippen molar-refractivity contribution in [2.75, 3.05) is 5.32 Å². The third-order valence-electron chi connectivity index (χ3n) is 3.17. The van der Waals surface area contributed by atoms with E-state index in [-0.39, 0.29) is 10.7 Å². The van der Waals surface area contributed by atoms with Crippen molar-refractivity contribution in [2.45, 2.75) is 4.90 Å². The minimum Gasteiger partial charge on any atom is -0.339 e. The van der Waals surface area contributed by atoms with Crippen molar-refractivity contribution in [3.8, 4) is 11.3 Å². The molecule has 4 N–H and O–H groups in total. The van der Waals surface area contributed by atoms with E-state index in [1.165, 1.54) is 24.3 Å². The van der Waals surface area contributed by atoms with Crippen LogP contribution >= 0.6 is 0 Å². The molecule has 0 atom stereocenters. The quantitative estimate of drug-likeness (QED) is 0.683. The third-order valence-corrected chi connectivity index (χ3v) is 4.08. The number of halogens is 1. The van der Waals surface area contributed by atoms with Crippen LogP contribution in [0.15, 0.2) is 59.5 Å². The van der Waals surface area contributed by atoms with Gasteiger partial charge in [0, 0.05) is 11.8 Å². The summed E-state index contributed by atoms with van der Waals surface area (Å²) in [5.41, 5.74) is 2.02. The maximum Gasteiger partial charge on any atom is 0.238 e. The monoisotopic (exact) mass is 332 g/mol. The highest BCUT2D eigenvalue weighted by Crippen LogP contribution is 2.23. The Balaban J connectivity index is 1.83. The standard InChI is InChI=1S/C15H13FN4O2S/c16-11-6-4-10(5-7-11)14-9-15(20-19-14)18-12-2-1-3-13(8-12)23(17,21)22/h1-9H,(H2,17,21,22)(H2,18,19,20). The first-order valence-corrected chi connectivity index (χ1v) is 8.18. The summed E-state index contributed by atoms with van der Waals surface area (Å²) in [6.45, 7) is 0. The summed E-state index contributed by atoms with van der Waals surface area (Å²) in [5.74, 6) is 0.183. The molecule has 0 fully saturated rings. The van der Waals surface area contributed by atoms with Crippen LogP contribution in [0.3, 0.4) is 0 Å². The van der Waals surface area contributed by atoms with Gasteiger partial charge in [-0.25, -0.2) is 17.9 Å². The number of rotatable bonds is 4. The normalized spacial score (nSPS) is 11.4. The zero-order valence-electron chi connectivity index (χ0n) is 11.8. The molecule has 3 aromatic rings. The van der Waals surface area contributed by atoms with Gasteiger partial charge in [0.05, 0.1) is 10.6 Å². The third kappa shape index (κ3) is 3.55. The molecule has 23 heavy (non-hydrogen) atoms. The Morgan fingerprint density at radius 1 is 1.09 bits per heavy atom. The van der Waals surface area contributed by atoms with E-state index >= 15 is 0 Å². The second-order valence-electron chi connectivity index (χ2n) is 4.87. The number of nitrogens with one attached hydrogen (secondary N) is 2. The van der Waals surface area contributed by atoms with E-state index in [1.807, 2.05) is 0 Å². The molecule has 2 aromatic carbocycles. The fourth-order valence-electron chi connectivity index (χ4n) is 2.06. The van der Waals surface area contributed by atoms with Gasteiger partial charge < -0.3 is 5.32 Å². The number of H-pyrrole nitrogens is 1. The van der Waals surface area contributed by atoms with E-state index in [0.29, 0.717) is 17.2 Å². The van der Waals surface area contributed by atoms with Gasteiger partial charge >= 0.3 is 0 Å². The number of hydrogen-bond donors (Lipinski definition) is 3. The van der Waals surface area contributed by atoms with Crippen molar-refractivity contribution >= 4 is 21.5 Å². The average Bonchev–Trinajstić information content (AvgIpc) is 2.96. The van der Waals surface area contributed by atoms with Crippen LogP contribution in [0.5, 0.6) is 0 Å². The molecule has 8 heteroatoms. The summed E-state index contributed by atoms with van der Waals surface area (Å²) in [5, 5.41) is 15.0. The van der Waals surface area contributed by atoms with Crippen LogP contribution in [0.4, 0.5) is 15.9 Å². The molecule has 3 rings (SSSR count). The number of hydrogen-bond acceptors (Lipinski definition) is 4. The highest BCUT2D eigenvalue weighted by atomic mass is 32.2. The Morgan fingerprint density at radius 3 is 2.52 bits per heavy atom. The van der Waals surface area contributed by atoms with Gasteiger partial charge in [0.2, 0.25) is 10.0 Å². The number of primary sulfonamides is 1. The average molecular weight is 332 g/mol. The number of nitrogens with two attached hydrogens (primary N) is 1. The van der Waals surface area contributed by atoms with Gasteiger partial charge in [-0.1, -0.05) is 6.07 Å². The molecule has 0 spiro atoms. The van der Waals surface area contributed by atoms with Gasteiger partial charge in [-0.3, -0.25) is 5.10 Å². The first-order chi connectivity index (χ1) is 10.9. The molecule has 0 amide bonds. The minimum absolute atomic E-state index is 0.0109. The SMILES string of the molecule is NS(=O)(=O)c1cccc(Nc2cc(-c3ccc(F)cc3)[nH]n2)c1. The van der Waals surface area contributed by atoms with Crippen molar-refractivity contribution < 1.29 is 12.8 Å². The van der Waals surface area contributed by atoms with Crippen LogP contribution in [-0.2, 0) is 10.0 Å². The molecule has 0 bridgehead atoms. The van der Waals surface area contributed by atoms with Gasteiger partial charge in [-0.15, -0.1) is 0 Å². The summed E-state index contributed by atoms with van der Waals surface area (Å²) in [6, 6.07) is 13.8. The second-order valence-corrected chi connectivity index (χ2v) is 6.43. The Kier molecular flexibility index (Phi) is 3.85. The van der Waals surface area contributed by atoms with Crippen molar-refractivity contribution in [1.82, 2.24) is 10.2 Å². The van der Waals surface area contributed by atoms with Crippen molar-refractivity contribution in [1.29, 1.82) is 0 Å². The molecule has 6 nitrogen and oxygen atoms in total. The van der Waals surface area contributed by atoms with Crippen molar-refractivity contribution in [2.24, 2.45) is 5.14 Å². The van der Waals surface area contributed by atoms with Gasteiger partial charge in [0.1, 0.15) is 5.82 Å². The van der Waals surface area contributed by atoms with E-state index in [1.54, 1.807) is 30.3 Å². The molecule has 0 aliphatic rings. The van der Waals surface area contributed by atoms with Crippen LogP contribution in [0, 0.1) is 5.82 Å². The lowest BCUT2D eigenvalue weighted by atomic mass is 10.1. The van der Waals surface area contributed by atoms with Crippen LogP contribution in [0.25, 0.3) is 11.3 Å². The number of sulfonamides is 1. The molecule has 0 saturated carbocycles. The lowest BCUT2D eigenvalue weighted by Gasteiger charge is -2.04. The molecule has 0 aliphatic carbocycles. The molecule has 118 valence electrons. The van der Waals surface area contributed by atoms with Gasteiger partial charge in [-0.05, 0) is 48.0 Å². The van der Waals surface area contributed by atoms with Crippen molar-refractivity contribution in [3.05, 3.63) is 60.4 Å². The zero-order chi connectivity index (χ0) is 16.4. The van der Waals surface area contributed by atoms with Gasteiger partial charge in [0.25, 0.3) is 0 Å². The lowest BCUT2D eigenvalue weighted by molar-refractivity contribution is 0.598. The van der Waals surface area contributed by atoms with Crippen LogP contribution in [-0.4, -0.2) is 18.6 Å². The lowest BCUT2D eigenvalue weighted by Crippen LogP contribution is -2.12. The molecule has 1 heterocycles. The van der Waals surface area contributed by atoms with E-state index in [0.717, 1.165) is 5.56 Å². The summed E-state index contributed by atoms with van der Waals surface area (Å²) in [7, 11) is -3.76. The topological polar surface area (TPSA) is 101 Å². The molecule has 0 unspecified atom stereocenters. The predicted molar refractivity (Wildman–Crippen MR) is 85.1 cm³/mol. The molecule has 1 aromatic heterocycles. The van der Waals surface area contributed by atoms with E-state index in [9.17, 15) is 12.8 Å². The Bertz CT molecular complexity index is 936. The first-order valence-electron chi connectivity index (χ1n) is 6.63. The number of benzene rings is 2. The summed E-state index contributed by atoms with van der Waals surface area (Å²) in [6.07, 6.45) is 0. The number of anilines is 2. The van der Waals surface area contributed by atoms with E-state index < -0.39 is 10.0 Å². The Labute approximate surface area is 132 Å². The van der Waals surface area contributed by atoms with Gasteiger partial charge in [-0.2, -0.15) is 5.10 Å². The molecule has 0 radical (unpaired) electrons. The second kappa shape index (κ2) is 5.82. The molecule has 0 saturated heterocycles. The summed E-state index contributed by atoms with van der Waals surface area (Å²) < 4.78 is 35.6. The highest BCUT2D eigenvalue weighted by molar-refractivity contribution is 7.89. The zero-order valence-corrected chi connectivity index (χ0v) is 12.6. The molecule has 0 aliphatic heterocycles. The molecular weight excluding hydrogens is 319 g/mol.